The maximum absolute atomic E-state index is 2.49. The van der Waals surface area contributed by atoms with Crippen LogP contribution >= 0.6 is 11.3 Å². The first-order valence-corrected chi connectivity index (χ1v) is 20.7. The third kappa shape index (κ3) is 5.86. The lowest BCUT2D eigenvalue weighted by Gasteiger charge is -2.31. The van der Waals surface area contributed by atoms with Crippen molar-refractivity contribution < 1.29 is 0 Å². The fourth-order valence-electron chi connectivity index (χ4n) is 8.73. The van der Waals surface area contributed by atoms with Crippen molar-refractivity contribution in [2.24, 2.45) is 0 Å². The van der Waals surface area contributed by atoms with Gasteiger partial charge in [0.2, 0.25) is 0 Å². The van der Waals surface area contributed by atoms with E-state index in [4.69, 9.17) is 0 Å². The summed E-state index contributed by atoms with van der Waals surface area (Å²) >= 11 is 1.88. The van der Waals surface area contributed by atoms with Crippen LogP contribution in [0.1, 0.15) is 0 Å². The van der Waals surface area contributed by atoms with E-state index in [0.29, 0.717) is 0 Å². The number of benzene rings is 10. The molecule has 0 fully saturated rings. The summed E-state index contributed by atoms with van der Waals surface area (Å²) in [6.45, 7) is 0. The van der Waals surface area contributed by atoms with Crippen molar-refractivity contribution >= 4 is 70.1 Å². The summed E-state index contributed by atoms with van der Waals surface area (Å²) in [5, 5.41) is 7.54. The molecule has 0 N–H and O–H groups in total. The van der Waals surface area contributed by atoms with E-state index in [0.717, 1.165) is 17.1 Å². The molecule has 272 valence electrons. The van der Waals surface area contributed by atoms with Gasteiger partial charge in [0.05, 0.1) is 5.69 Å². The van der Waals surface area contributed by atoms with Crippen LogP contribution in [-0.4, -0.2) is 0 Å². The molecule has 58 heavy (non-hydrogen) atoms. The predicted octanol–water partition coefficient (Wildman–Crippen LogP) is 16.5. The summed E-state index contributed by atoms with van der Waals surface area (Å²) in [7, 11) is 0. The molecule has 0 unspecified atom stereocenters. The van der Waals surface area contributed by atoms with Crippen LogP contribution in [0.4, 0.5) is 17.1 Å². The number of thiophene rings is 1. The highest BCUT2D eigenvalue weighted by molar-refractivity contribution is 7.26. The van der Waals surface area contributed by atoms with Crippen LogP contribution in [0.3, 0.4) is 0 Å². The van der Waals surface area contributed by atoms with E-state index in [1.165, 1.54) is 86.2 Å². The van der Waals surface area contributed by atoms with Gasteiger partial charge in [0.15, 0.2) is 0 Å². The maximum Gasteiger partial charge on any atom is 0.0624 e. The summed E-state index contributed by atoms with van der Waals surface area (Å²) in [6, 6.07) is 81.9. The Labute approximate surface area is 342 Å². The van der Waals surface area contributed by atoms with E-state index < -0.39 is 0 Å². The van der Waals surface area contributed by atoms with E-state index >= 15 is 0 Å². The third-order valence-electron chi connectivity index (χ3n) is 11.5. The Balaban J connectivity index is 1.14. The quantitative estimate of drug-likeness (QED) is 0.146. The van der Waals surface area contributed by atoms with Crippen LogP contribution in [0, 0.1) is 0 Å². The van der Waals surface area contributed by atoms with Gasteiger partial charge in [0.25, 0.3) is 0 Å². The lowest BCUT2D eigenvalue weighted by molar-refractivity contribution is 1.30. The van der Waals surface area contributed by atoms with Crippen molar-refractivity contribution in [1.29, 1.82) is 0 Å². The summed E-state index contributed by atoms with van der Waals surface area (Å²) in [6.07, 6.45) is 0. The fourth-order valence-corrected chi connectivity index (χ4v) is 9.97. The highest BCUT2D eigenvalue weighted by Crippen LogP contribution is 2.50. The molecule has 1 aromatic heterocycles. The van der Waals surface area contributed by atoms with Crippen LogP contribution < -0.4 is 4.90 Å². The SMILES string of the molecule is c1ccc(-c2ccc(-c3ccc(N(c4cccc(-c5cccc6c5sc5ccccc56)c4)c4c(-c5ccccc5)c5ccccc5c5ccccc45)cc3)cc2)cc1. The zero-order valence-corrected chi connectivity index (χ0v) is 32.5. The molecule has 0 saturated heterocycles. The largest absolute Gasteiger partial charge is 0.309 e. The standard InChI is InChI=1S/C56H37NS/c1-3-15-38(16-4-1)39-29-31-40(32-30-39)41-33-35-44(36-34-41)57(45-20-13-19-43(37-45)46-26-14-27-52-49-23-11-12-28-53(49)58-56(46)52)55-51-25-10-8-22-48(51)47-21-7-9-24-50(47)54(55)42-17-5-2-6-18-42/h1-37H. The Morgan fingerprint density at radius 3 is 1.47 bits per heavy atom. The van der Waals surface area contributed by atoms with Gasteiger partial charge in [-0.2, -0.15) is 0 Å². The van der Waals surface area contributed by atoms with Gasteiger partial charge in [-0.15, -0.1) is 11.3 Å². The van der Waals surface area contributed by atoms with E-state index in [9.17, 15) is 0 Å². The molecule has 0 radical (unpaired) electrons. The average Bonchev–Trinajstić information content (AvgIpc) is 3.69. The van der Waals surface area contributed by atoms with Crippen LogP contribution in [0.5, 0.6) is 0 Å². The van der Waals surface area contributed by atoms with Gasteiger partial charge >= 0.3 is 0 Å². The monoisotopic (exact) mass is 755 g/mol. The smallest absolute Gasteiger partial charge is 0.0624 e. The van der Waals surface area contributed by atoms with Crippen LogP contribution in [0.2, 0.25) is 0 Å². The summed E-state index contributed by atoms with van der Waals surface area (Å²) < 4.78 is 2.63. The van der Waals surface area contributed by atoms with Gasteiger partial charge in [-0.05, 0) is 85.4 Å². The number of nitrogens with zero attached hydrogens (tertiary/aromatic N) is 1. The van der Waals surface area contributed by atoms with Crippen molar-refractivity contribution in [1.82, 2.24) is 0 Å². The van der Waals surface area contributed by atoms with Crippen LogP contribution in [-0.2, 0) is 0 Å². The second-order valence-electron chi connectivity index (χ2n) is 14.8. The third-order valence-corrected chi connectivity index (χ3v) is 12.7. The van der Waals surface area contributed by atoms with Crippen LogP contribution in [0.25, 0.3) is 86.2 Å². The Bertz CT molecular complexity index is 3250. The van der Waals surface area contributed by atoms with E-state index in [1.54, 1.807) is 0 Å². The Morgan fingerprint density at radius 2 is 0.776 bits per heavy atom. The van der Waals surface area contributed by atoms with Crippen molar-refractivity contribution in [3.05, 3.63) is 224 Å². The molecule has 0 aliphatic rings. The molecule has 11 rings (SSSR count). The molecule has 0 bridgehead atoms. The highest BCUT2D eigenvalue weighted by atomic mass is 32.1. The molecular weight excluding hydrogens is 719 g/mol. The number of hydrogen-bond acceptors (Lipinski definition) is 2. The maximum atomic E-state index is 2.49. The molecule has 0 aliphatic carbocycles. The molecule has 2 heteroatoms. The van der Waals surface area contributed by atoms with Gasteiger partial charge in [0.1, 0.15) is 0 Å². The molecule has 11 aromatic rings. The van der Waals surface area contributed by atoms with Gasteiger partial charge in [-0.3, -0.25) is 0 Å². The Kier molecular flexibility index (Phi) is 8.42. The minimum absolute atomic E-state index is 1.10. The fraction of sp³-hybridized carbons (Fsp3) is 0. The lowest BCUT2D eigenvalue weighted by atomic mass is 9.90. The molecular formula is C56H37NS. The first-order chi connectivity index (χ1) is 28.8. The zero-order valence-electron chi connectivity index (χ0n) is 31.7. The normalized spacial score (nSPS) is 11.4. The van der Waals surface area contributed by atoms with Gasteiger partial charge in [-0.1, -0.05) is 194 Å². The van der Waals surface area contributed by atoms with Crippen molar-refractivity contribution in [3.8, 4) is 44.5 Å². The summed E-state index contributed by atoms with van der Waals surface area (Å²) in [5.41, 5.74) is 13.0. The summed E-state index contributed by atoms with van der Waals surface area (Å²) in [4.78, 5) is 2.49. The molecule has 1 heterocycles. The Morgan fingerprint density at radius 1 is 0.293 bits per heavy atom. The minimum Gasteiger partial charge on any atom is -0.309 e. The van der Waals surface area contributed by atoms with E-state index in [2.05, 4.69) is 229 Å². The zero-order chi connectivity index (χ0) is 38.4. The number of hydrogen-bond donors (Lipinski definition) is 0. The molecule has 0 saturated carbocycles. The van der Waals surface area contributed by atoms with Crippen LogP contribution in [0.15, 0.2) is 224 Å². The van der Waals surface area contributed by atoms with E-state index in [-0.39, 0.29) is 0 Å². The number of anilines is 3. The first kappa shape index (κ1) is 34.0. The second kappa shape index (κ2) is 14.4. The summed E-state index contributed by atoms with van der Waals surface area (Å²) in [5.74, 6) is 0. The van der Waals surface area contributed by atoms with E-state index in [1.807, 2.05) is 11.3 Å². The van der Waals surface area contributed by atoms with Crippen molar-refractivity contribution in [3.63, 3.8) is 0 Å². The second-order valence-corrected chi connectivity index (χ2v) is 15.9. The van der Waals surface area contributed by atoms with Gasteiger partial charge < -0.3 is 4.90 Å². The highest BCUT2D eigenvalue weighted by Gasteiger charge is 2.24. The molecule has 10 aromatic carbocycles. The topological polar surface area (TPSA) is 3.24 Å². The first-order valence-electron chi connectivity index (χ1n) is 19.8. The van der Waals surface area contributed by atoms with Gasteiger partial charge in [0, 0.05) is 42.5 Å². The molecule has 0 amide bonds. The molecule has 0 atom stereocenters. The molecule has 0 spiro atoms. The van der Waals surface area contributed by atoms with Gasteiger partial charge in [-0.25, -0.2) is 0 Å². The Hall–Kier alpha value is -7.26. The lowest BCUT2D eigenvalue weighted by Crippen LogP contribution is -2.12. The average molecular weight is 756 g/mol. The minimum atomic E-state index is 1.10. The molecule has 0 aliphatic heterocycles. The number of rotatable bonds is 7. The predicted molar refractivity (Wildman–Crippen MR) is 251 cm³/mol. The number of fused-ring (bicyclic) bond motifs is 6. The van der Waals surface area contributed by atoms with Crippen molar-refractivity contribution in [2.45, 2.75) is 0 Å². The van der Waals surface area contributed by atoms with Crippen molar-refractivity contribution in [2.75, 3.05) is 4.90 Å². The molecule has 1 nitrogen and oxygen atoms in total.